The molecule has 106 valence electrons. The molecule has 0 aliphatic carbocycles. The molecule has 19 heavy (non-hydrogen) atoms. The molecule has 0 unspecified atom stereocenters. The van der Waals surface area contributed by atoms with E-state index in [1.54, 1.807) is 0 Å². The number of hydrogen-bond acceptors (Lipinski definition) is 4. The van der Waals surface area contributed by atoms with Crippen LogP contribution in [0.4, 0.5) is 10.1 Å². The lowest BCUT2D eigenvalue weighted by Crippen LogP contribution is -2.31. The van der Waals surface area contributed by atoms with Crippen LogP contribution in [0.1, 0.15) is 19.8 Å². The molecule has 0 atom stereocenters. The van der Waals surface area contributed by atoms with Gasteiger partial charge in [-0.3, -0.25) is 4.79 Å². The smallest absolute Gasteiger partial charge is 0.235 e. The Balaban J connectivity index is 2.81. The normalized spacial score (nSPS) is 11.3. The number of nitrogens with two attached hydrogens (primary N) is 1. The van der Waals surface area contributed by atoms with Gasteiger partial charge in [-0.1, -0.05) is 13.3 Å². The molecule has 0 heterocycles. The van der Waals surface area contributed by atoms with Crippen molar-refractivity contribution in [1.82, 2.24) is 5.32 Å². The number of nitrogen functional groups attached to an aromatic ring is 1. The monoisotopic (exact) mass is 288 g/mol. The largest absolute Gasteiger partial charge is 0.398 e. The van der Waals surface area contributed by atoms with Crippen LogP contribution in [-0.4, -0.2) is 26.6 Å². The Morgan fingerprint density at radius 2 is 2.11 bits per heavy atom. The Kier molecular flexibility index (Phi) is 5.29. The number of rotatable bonds is 6. The van der Waals surface area contributed by atoms with Crippen molar-refractivity contribution in [3.05, 3.63) is 24.0 Å². The van der Waals surface area contributed by atoms with Gasteiger partial charge < -0.3 is 11.1 Å². The number of sulfone groups is 1. The number of carbonyl (C=O) groups excluding carboxylic acids is 1. The first-order valence-corrected chi connectivity index (χ1v) is 7.56. The molecule has 1 rings (SSSR count). The molecule has 1 aromatic rings. The van der Waals surface area contributed by atoms with E-state index in [0.717, 1.165) is 31.0 Å². The van der Waals surface area contributed by atoms with Crippen molar-refractivity contribution >= 4 is 21.4 Å². The van der Waals surface area contributed by atoms with Crippen molar-refractivity contribution in [3.8, 4) is 0 Å². The second kappa shape index (κ2) is 6.51. The van der Waals surface area contributed by atoms with Crippen molar-refractivity contribution in [2.24, 2.45) is 0 Å². The summed E-state index contributed by atoms with van der Waals surface area (Å²) < 4.78 is 36.9. The third-order valence-corrected chi connectivity index (χ3v) is 4.15. The molecule has 0 fully saturated rings. The summed E-state index contributed by atoms with van der Waals surface area (Å²) in [5, 5.41) is 2.49. The lowest BCUT2D eigenvalue weighted by Gasteiger charge is -2.08. The number of unbranched alkanes of at least 4 members (excludes halogenated alkanes) is 1. The average Bonchev–Trinajstić information content (AvgIpc) is 2.32. The van der Waals surface area contributed by atoms with E-state index >= 15 is 0 Å². The molecule has 0 saturated heterocycles. The summed E-state index contributed by atoms with van der Waals surface area (Å²) in [5.41, 5.74) is 5.43. The van der Waals surface area contributed by atoms with Crippen LogP contribution in [0.2, 0.25) is 0 Å². The zero-order valence-electron chi connectivity index (χ0n) is 10.6. The molecule has 0 spiro atoms. The summed E-state index contributed by atoms with van der Waals surface area (Å²) in [5.74, 6) is -2.05. The van der Waals surface area contributed by atoms with E-state index in [-0.39, 0.29) is 10.6 Å². The summed E-state index contributed by atoms with van der Waals surface area (Å²) >= 11 is 0. The number of nitrogens with one attached hydrogen (secondary N) is 1. The van der Waals surface area contributed by atoms with Gasteiger partial charge in [-0.15, -0.1) is 0 Å². The SMILES string of the molecule is CCCCNC(=O)CS(=O)(=O)c1cc(F)ccc1N. The van der Waals surface area contributed by atoms with Crippen LogP contribution in [-0.2, 0) is 14.6 Å². The first kappa shape index (κ1) is 15.4. The predicted molar refractivity (Wildman–Crippen MR) is 70.8 cm³/mol. The van der Waals surface area contributed by atoms with Gasteiger partial charge in [-0.05, 0) is 24.6 Å². The number of amides is 1. The van der Waals surface area contributed by atoms with Gasteiger partial charge in [0.2, 0.25) is 5.91 Å². The third kappa shape index (κ3) is 4.51. The number of hydrogen-bond donors (Lipinski definition) is 2. The Labute approximate surface area is 111 Å². The van der Waals surface area contributed by atoms with Crippen molar-refractivity contribution in [2.75, 3.05) is 18.0 Å². The highest BCUT2D eigenvalue weighted by atomic mass is 32.2. The fourth-order valence-electron chi connectivity index (χ4n) is 1.48. The Bertz CT molecular complexity index is 558. The maximum atomic E-state index is 13.0. The minimum absolute atomic E-state index is 0.0669. The van der Waals surface area contributed by atoms with Crippen LogP contribution in [0.25, 0.3) is 0 Å². The van der Waals surface area contributed by atoms with Gasteiger partial charge in [-0.25, -0.2) is 12.8 Å². The van der Waals surface area contributed by atoms with Gasteiger partial charge in [-0.2, -0.15) is 0 Å². The molecule has 0 aliphatic rings. The molecular weight excluding hydrogens is 271 g/mol. The lowest BCUT2D eigenvalue weighted by atomic mass is 10.3. The van der Waals surface area contributed by atoms with Crippen LogP contribution in [0, 0.1) is 5.82 Å². The molecule has 0 aliphatic heterocycles. The lowest BCUT2D eigenvalue weighted by molar-refractivity contribution is -0.118. The zero-order chi connectivity index (χ0) is 14.5. The van der Waals surface area contributed by atoms with E-state index in [1.165, 1.54) is 0 Å². The number of anilines is 1. The zero-order valence-corrected chi connectivity index (χ0v) is 11.5. The summed E-state index contributed by atoms with van der Waals surface area (Å²) in [6, 6.07) is 3.05. The van der Waals surface area contributed by atoms with E-state index in [9.17, 15) is 17.6 Å². The number of benzene rings is 1. The highest BCUT2D eigenvalue weighted by molar-refractivity contribution is 7.92. The van der Waals surface area contributed by atoms with E-state index in [4.69, 9.17) is 5.73 Å². The predicted octanol–water partition coefficient (Wildman–Crippen LogP) is 1.10. The molecule has 0 bridgehead atoms. The highest BCUT2D eigenvalue weighted by Crippen LogP contribution is 2.20. The van der Waals surface area contributed by atoms with Gasteiger partial charge in [0.05, 0.1) is 10.6 Å². The summed E-state index contributed by atoms with van der Waals surface area (Å²) in [6.45, 7) is 2.37. The number of halogens is 1. The van der Waals surface area contributed by atoms with Crippen LogP contribution in [0.5, 0.6) is 0 Å². The molecule has 0 aromatic heterocycles. The van der Waals surface area contributed by atoms with Gasteiger partial charge in [0.15, 0.2) is 9.84 Å². The standard InChI is InChI=1S/C12H17FN2O3S/c1-2-3-6-15-12(16)8-19(17,18)11-7-9(13)4-5-10(11)14/h4-5,7H,2-3,6,8,14H2,1H3,(H,15,16). The topological polar surface area (TPSA) is 89.3 Å². The Morgan fingerprint density at radius 1 is 1.42 bits per heavy atom. The maximum Gasteiger partial charge on any atom is 0.235 e. The fraction of sp³-hybridized carbons (Fsp3) is 0.417. The van der Waals surface area contributed by atoms with Crippen molar-refractivity contribution in [3.63, 3.8) is 0 Å². The Hall–Kier alpha value is -1.63. The minimum Gasteiger partial charge on any atom is -0.398 e. The van der Waals surface area contributed by atoms with E-state index in [2.05, 4.69) is 5.32 Å². The van der Waals surface area contributed by atoms with Crippen molar-refractivity contribution in [1.29, 1.82) is 0 Å². The van der Waals surface area contributed by atoms with Crippen molar-refractivity contribution in [2.45, 2.75) is 24.7 Å². The molecule has 1 aromatic carbocycles. The van der Waals surface area contributed by atoms with Crippen LogP contribution in [0.15, 0.2) is 23.1 Å². The van der Waals surface area contributed by atoms with Crippen LogP contribution in [0.3, 0.4) is 0 Å². The number of carbonyl (C=O) groups is 1. The fourth-order valence-corrected chi connectivity index (χ4v) is 2.81. The first-order valence-electron chi connectivity index (χ1n) is 5.91. The molecule has 5 nitrogen and oxygen atoms in total. The van der Waals surface area contributed by atoms with Gasteiger partial charge in [0.1, 0.15) is 11.6 Å². The quantitative estimate of drug-likeness (QED) is 0.606. The maximum absolute atomic E-state index is 13.0. The molecular formula is C12H17FN2O3S. The van der Waals surface area contributed by atoms with Crippen molar-refractivity contribution < 1.29 is 17.6 Å². The first-order chi connectivity index (χ1) is 8.86. The minimum atomic E-state index is -3.93. The van der Waals surface area contributed by atoms with Crippen LogP contribution >= 0.6 is 0 Å². The highest BCUT2D eigenvalue weighted by Gasteiger charge is 2.22. The van der Waals surface area contributed by atoms with Gasteiger partial charge >= 0.3 is 0 Å². The summed E-state index contributed by atoms with van der Waals surface area (Å²) in [4.78, 5) is 11.1. The molecule has 1 amide bonds. The average molecular weight is 288 g/mol. The molecule has 7 heteroatoms. The summed E-state index contributed by atoms with van der Waals surface area (Å²) in [6.07, 6.45) is 1.66. The van der Waals surface area contributed by atoms with Crippen LogP contribution < -0.4 is 11.1 Å². The summed E-state index contributed by atoms with van der Waals surface area (Å²) in [7, 11) is -3.93. The Morgan fingerprint density at radius 3 is 2.74 bits per heavy atom. The second-order valence-electron chi connectivity index (χ2n) is 4.14. The van der Waals surface area contributed by atoms with Gasteiger partial charge in [0.25, 0.3) is 0 Å². The second-order valence-corrected chi connectivity index (χ2v) is 6.10. The molecule has 0 radical (unpaired) electrons. The van der Waals surface area contributed by atoms with E-state index in [1.807, 2.05) is 6.92 Å². The van der Waals surface area contributed by atoms with Gasteiger partial charge in [0, 0.05) is 6.54 Å². The van der Waals surface area contributed by atoms with E-state index in [0.29, 0.717) is 6.54 Å². The van der Waals surface area contributed by atoms with E-state index < -0.39 is 27.3 Å². The molecule has 3 N–H and O–H groups in total. The third-order valence-electron chi connectivity index (χ3n) is 2.48. The molecule has 0 saturated carbocycles.